The van der Waals surface area contributed by atoms with Crippen molar-refractivity contribution in [2.75, 3.05) is 43.3 Å². The molecule has 0 aliphatic carbocycles. The van der Waals surface area contributed by atoms with Crippen molar-refractivity contribution in [3.8, 4) is 0 Å². The van der Waals surface area contributed by atoms with Gasteiger partial charge in [0.1, 0.15) is 5.25 Å². The zero-order chi connectivity index (χ0) is 21.0. The molecule has 1 unspecified atom stereocenters. The Balaban J connectivity index is 1.57. The van der Waals surface area contributed by atoms with E-state index >= 15 is 0 Å². The van der Waals surface area contributed by atoms with Crippen LogP contribution in [0.2, 0.25) is 0 Å². The number of hydrogen-bond donors (Lipinski definition) is 2. The molecule has 1 heterocycles. The monoisotopic (exact) mass is 411 g/mol. The number of nitrogens with zero attached hydrogens (tertiary/aromatic N) is 3. The summed E-state index contributed by atoms with van der Waals surface area (Å²) in [5.74, 6) is -0.399. The summed E-state index contributed by atoms with van der Waals surface area (Å²) in [6, 6.07) is 15.3. The number of carbonyl (C=O) groups is 2. The predicted octanol–water partition coefficient (Wildman–Crippen LogP) is 3.07. The zero-order valence-electron chi connectivity index (χ0n) is 17.0. The summed E-state index contributed by atoms with van der Waals surface area (Å²) in [7, 11) is 7.86. The maximum absolute atomic E-state index is 12.3. The van der Waals surface area contributed by atoms with Gasteiger partial charge >= 0.3 is 0 Å². The van der Waals surface area contributed by atoms with E-state index in [4.69, 9.17) is 0 Å². The third kappa shape index (κ3) is 5.51. The van der Waals surface area contributed by atoms with E-state index in [-0.39, 0.29) is 18.2 Å². The molecule has 0 bridgehead atoms. The Kier molecular flexibility index (Phi) is 6.43. The predicted molar refractivity (Wildman–Crippen MR) is 121 cm³/mol. The number of hydrogen-bond acceptors (Lipinski definition) is 6. The van der Waals surface area contributed by atoms with Gasteiger partial charge < -0.3 is 20.4 Å². The minimum absolute atomic E-state index is 0.0878. The molecule has 2 aromatic carbocycles. The number of nitrogens with one attached hydrogen (secondary N) is 2. The third-order valence-corrected chi connectivity index (χ3v) is 5.49. The molecule has 8 heteroatoms. The number of carbonyl (C=O) groups excluding carboxylic acids is 2. The van der Waals surface area contributed by atoms with Crippen molar-refractivity contribution in [3.63, 3.8) is 0 Å². The van der Waals surface area contributed by atoms with E-state index in [0.29, 0.717) is 10.9 Å². The fourth-order valence-corrected chi connectivity index (χ4v) is 3.75. The standard InChI is InChI=1S/C21H25N5O2S/c1-25(2)16-9-5-14(6-10-16)22-19(27)13-18-20(28)24-21(29-18)23-15-7-11-17(12-8-15)26(3)4/h5-12,18H,13H2,1-4H3,(H,22,27)(H,23,24,28). The average molecular weight is 412 g/mol. The molecule has 2 N–H and O–H groups in total. The van der Waals surface area contributed by atoms with Gasteiger partial charge in [0.05, 0.1) is 5.69 Å². The number of anilines is 3. The van der Waals surface area contributed by atoms with Crippen LogP contribution in [0.4, 0.5) is 22.7 Å². The number of aliphatic imine (C=N–C) groups is 1. The maximum Gasteiger partial charge on any atom is 0.240 e. The van der Waals surface area contributed by atoms with Gasteiger partial charge in [0.2, 0.25) is 11.8 Å². The number of amidine groups is 1. The highest BCUT2D eigenvalue weighted by atomic mass is 32.2. The number of rotatable bonds is 6. The van der Waals surface area contributed by atoms with Gasteiger partial charge in [-0.05, 0) is 48.5 Å². The van der Waals surface area contributed by atoms with Gasteiger partial charge in [-0.1, -0.05) is 11.8 Å². The van der Waals surface area contributed by atoms with Crippen molar-refractivity contribution >= 4 is 51.5 Å². The van der Waals surface area contributed by atoms with E-state index in [1.165, 1.54) is 11.8 Å². The molecule has 1 fully saturated rings. The summed E-state index contributed by atoms with van der Waals surface area (Å²) in [6.45, 7) is 0. The Morgan fingerprint density at radius 3 is 2.10 bits per heavy atom. The molecule has 0 saturated carbocycles. The van der Waals surface area contributed by atoms with Gasteiger partial charge in [0.15, 0.2) is 5.17 Å². The van der Waals surface area contributed by atoms with E-state index in [2.05, 4.69) is 15.6 Å². The Bertz CT molecular complexity index is 908. The number of benzene rings is 2. The van der Waals surface area contributed by atoms with Crippen molar-refractivity contribution in [3.05, 3.63) is 48.5 Å². The molecular weight excluding hydrogens is 386 g/mol. The molecule has 1 saturated heterocycles. The summed E-state index contributed by atoms with van der Waals surface area (Å²) in [5.41, 5.74) is 3.58. The molecule has 1 aliphatic heterocycles. The second-order valence-corrected chi connectivity index (χ2v) is 8.31. The Labute approximate surface area is 175 Å². The first-order valence-corrected chi connectivity index (χ1v) is 10.1. The summed E-state index contributed by atoms with van der Waals surface area (Å²) >= 11 is 1.28. The van der Waals surface area contributed by atoms with E-state index in [1.807, 2.05) is 86.5 Å². The molecule has 1 aliphatic rings. The second-order valence-electron chi connectivity index (χ2n) is 7.12. The fourth-order valence-electron chi connectivity index (χ4n) is 2.76. The van der Waals surface area contributed by atoms with Gasteiger partial charge in [0.25, 0.3) is 0 Å². The molecule has 3 rings (SSSR count). The van der Waals surface area contributed by atoms with Gasteiger partial charge in [-0.2, -0.15) is 0 Å². The largest absolute Gasteiger partial charge is 0.378 e. The van der Waals surface area contributed by atoms with Crippen LogP contribution >= 0.6 is 11.8 Å². The highest BCUT2D eigenvalue weighted by Gasteiger charge is 2.32. The van der Waals surface area contributed by atoms with E-state index in [9.17, 15) is 9.59 Å². The summed E-state index contributed by atoms with van der Waals surface area (Å²) in [6.07, 6.45) is 0.0878. The average Bonchev–Trinajstić information content (AvgIpc) is 3.01. The first kappa shape index (κ1) is 20.7. The van der Waals surface area contributed by atoms with Gasteiger partial charge in [-0.15, -0.1) is 0 Å². The topological polar surface area (TPSA) is 77.0 Å². The van der Waals surface area contributed by atoms with Crippen LogP contribution in [-0.2, 0) is 9.59 Å². The Morgan fingerprint density at radius 1 is 1.00 bits per heavy atom. The highest BCUT2D eigenvalue weighted by Crippen LogP contribution is 2.26. The highest BCUT2D eigenvalue weighted by molar-refractivity contribution is 8.15. The normalized spacial score (nSPS) is 17.2. The molecular formula is C21H25N5O2S. The lowest BCUT2D eigenvalue weighted by atomic mass is 10.2. The fraction of sp³-hybridized carbons (Fsp3) is 0.286. The van der Waals surface area contributed by atoms with Crippen LogP contribution in [0.15, 0.2) is 53.5 Å². The Hall–Kier alpha value is -3.00. The van der Waals surface area contributed by atoms with Gasteiger partial charge in [0, 0.05) is 51.7 Å². The van der Waals surface area contributed by atoms with Crippen LogP contribution in [0.25, 0.3) is 0 Å². The molecule has 2 aromatic rings. The number of amides is 2. The van der Waals surface area contributed by atoms with Crippen molar-refractivity contribution < 1.29 is 9.59 Å². The van der Waals surface area contributed by atoms with Crippen LogP contribution < -0.4 is 20.4 Å². The first-order valence-electron chi connectivity index (χ1n) is 9.22. The molecule has 1 atom stereocenters. The van der Waals surface area contributed by atoms with Crippen LogP contribution in [0, 0.1) is 0 Å². The Morgan fingerprint density at radius 2 is 1.55 bits per heavy atom. The molecule has 152 valence electrons. The van der Waals surface area contributed by atoms with Crippen molar-refractivity contribution in [2.24, 2.45) is 4.99 Å². The molecule has 2 amide bonds. The van der Waals surface area contributed by atoms with E-state index in [1.54, 1.807) is 0 Å². The summed E-state index contributed by atoms with van der Waals surface area (Å²) in [4.78, 5) is 33.0. The molecule has 29 heavy (non-hydrogen) atoms. The lowest BCUT2D eigenvalue weighted by Crippen LogP contribution is -2.28. The van der Waals surface area contributed by atoms with Gasteiger partial charge in [-0.3, -0.25) is 9.59 Å². The SMILES string of the molecule is CN(C)c1ccc(N=C2NC(=O)C(CC(=O)Nc3ccc(N(C)C)cc3)S2)cc1. The molecule has 7 nitrogen and oxygen atoms in total. The van der Waals surface area contributed by atoms with Crippen molar-refractivity contribution in [1.29, 1.82) is 0 Å². The van der Waals surface area contributed by atoms with E-state index < -0.39 is 5.25 Å². The lowest BCUT2D eigenvalue weighted by Gasteiger charge is -2.13. The minimum atomic E-state index is -0.490. The lowest BCUT2D eigenvalue weighted by molar-refractivity contribution is -0.122. The van der Waals surface area contributed by atoms with Crippen LogP contribution in [0.3, 0.4) is 0 Å². The first-order chi connectivity index (χ1) is 13.8. The van der Waals surface area contributed by atoms with Crippen LogP contribution in [0.5, 0.6) is 0 Å². The smallest absolute Gasteiger partial charge is 0.240 e. The second kappa shape index (κ2) is 9.00. The quantitative estimate of drug-likeness (QED) is 0.764. The molecule has 0 aromatic heterocycles. The van der Waals surface area contributed by atoms with E-state index in [0.717, 1.165) is 17.1 Å². The van der Waals surface area contributed by atoms with Crippen molar-refractivity contribution in [1.82, 2.24) is 5.32 Å². The third-order valence-electron chi connectivity index (χ3n) is 4.41. The molecule has 0 radical (unpaired) electrons. The maximum atomic E-state index is 12.3. The van der Waals surface area contributed by atoms with Gasteiger partial charge in [-0.25, -0.2) is 4.99 Å². The number of thioether (sulfide) groups is 1. The van der Waals surface area contributed by atoms with Crippen LogP contribution in [0.1, 0.15) is 6.42 Å². The summed E-state index contributed by atoms with van der Waals surface area (Å²) < 4.78 is 0. The summed E-state index contributed by atoms with van der Waals surface area (Å²) in [5, 5.41) is 5.62. The van der Waals surface area contributed by atoms with Crippen LogP contribution in [-0.4, -0.2) is 50.4 Å². The molecule has 0 spiro atoms. The van der Waals surface area contributed by atoms with Crippen molar-refractivity contribution in [2.45, 2.75) is 11.7 Å². The zero-order valence-corrected chi connectivity index (χ0v) is 17.8. The minimum Gasteiger partial charge on any atom is -0.378 e.